The van der Waals surface area contributed by atoms with Gasteiger partial charge in [0.2, 0.25) is 0 Å². The third kappa shape index (κ3) is 14.7. The Labute approximate surface area is 504 Å². The van der Waals surface area contributed by atoms with E-state index in [0.29, 0.717) is 51.8 Å². The van der Waals surface area contributed by atoms with Crippen LogP contribution in [0, 0.1) is 0 Å². The summed E-state index contributed by atoms with van der Waals surface area (Å²) in [5.41, 5.74) is 9.17. The number of rotatable bonds is 14. The number of phenolic OH excluding ortho intramolecular Hbond substituents is 3. The number of phenols is 3. The lowest BCUT2D eigenvalue weighted by Crippen LogP contribution is -2.24. The maximum atomic E-state index is 11.8. The summed E-state index contributed by atoms with van der Waals surface area (Å²) < 4.78 is 14.7. The molecule has 2 aromatic heterocycles. The van der Waals surface area contributed by atoms with Crippen molar-refractivity contribution < 1.29 is 39.1 Å². The van der Waals surface area contributed by atoms with Crippen molar-refractivity contribution in [2.45, 2.75) is 76.1 Å². The number of anilines is 4. The van der Waals surface area contributed by atoms with Crippen LogP contribution in [0.25, 0.3) is 68.3 Å². The van der Waals surface area contributed by atoms with Crippen LogP contribution >= 0.6 is 15.9 Å². The van der Waals surface area contributed by atoms with Crippen molar-refractivity contribution in [2.24, 2.45) is 0 Å². The number of aromatic hydroxyl groups is 3. The smallest absolute Gasteiger partial charge is 0.346 e. The van der Waals surface area contributed by atoms with E-state index in [1.165, 1.54) is 107 Å². The molecule has 8 aromatic rings. The van der Waals surface area contributed by atoms with E-state index < -0.39 is 12.1 Å². The van der Waals surface area contributed by atoms with Crippen molar-refractivity contribution in [1.82, 2.24) is 29.9 Å². The molecule has 3 N–H and O–H groups in total. The predicted octanol–water partition coefficient (Wildman–Crippen LogP) is 12.1. The molecule has 2 atom stereocenters. The fourth-order valence-electron chi connectivity index (χ4n) is 10.8. The maximum absolute atomic E-state index is 11.8. The lowest BCUT2D eigenvalue weighted by molar-refractivity contribution is -0.148. The molecule has 0 saturated carbocycles. The molecule has 4 fully saturated rings. The molecule has 85 heavy (non-hydrogen) atoms. The number of carbonyl (C=O) groups is 2. The first-order valence-electron chi connectivity index (χ1n) is 29.1. The number of aromatic nitrogens is 6. The molecule has 0 aliphatic carbocycles. The second-order valence-electron chi connectivity index (χ2n) is 21.4. The van der Waals surface area contributed by atoms with E-state index in [1.807, 2.05) is 48.5 Å². The number of ether oxygens (including phenoxy) is 3. The Morgan fingerprint density at radius 1 is 0.412 bits per heavy atom. The van der Waals surface area contributed by atoms with Gasteiger partial charge in [-0.25, -0.2) is 34.7 Å². The third-order valence-corrected chi connectivity index (χ3v) is 15.8. The number of hydrogen-bond donors (Lipinski definition) is 3. The third-order valence-electron chi connectivity index (χ3n) is 15.5. The van der Waals surface area contributed by atoms with Gasteiger partial charge in [0, 0.05) is 109 Å². The molecule has 4 aliphatic heterocycles. The average molecular weight is 1210 g/mol. The number of alkyl halides is 1. The van der Waals surface area contributed by atoms with E-state index in [1.54, 1.807) is 32.0 Å². The normalized spacial score (nSPS) is 15.4. The number of carbonyl (C=O) groups excluding carboxylic acids is 2. The van der Waals surface area contributed by atoms with Crippen LogP contribution in [0.4, 0.5) is 22.7 Å². The van der Waals surface area contributed by atoms with E-state index in [4.69, 9.17) is 39.4 Å². The fraction of sp³-hybridized carbons (Fsp3) is 0.333. The van der Waals surface area contributed by atoms with E-state index in [2.05, 4.69) is 88.8 Å². The summed E-state index contributed by atoms with van der Waals surface area (Å²) in [6.45, 7) is 12.0. The molecule has 6 heterocycles. The highest BCUT2D eigenvalue weighted by atomic mass is 79.9. The number of nitrogens with zero attached hydrogens (tertiary/aromatic N) is 10. The van der Waals surface area contributed by atoms with Crippen LogP contribution in [-0.4, -0.2) is 135 Å². The first kappa shape index (κ1) is 59.3. The van der Waals surface area contributed by atoms with Crippen LogP contribution in [0.5, 0.6) is 23.0 Å². The molecule has 0 radical (unpaired) electrons. The molecule has 18 nitrogen and oxygen atoms in total. The van der Waals surface area contributed by atoms with Gasteiger partial charge in [-0.15, -0.1) is 0 Å². The fourth-order valence-corrected chi connectivity index (χ4v) is 10.9. The molecular weight excluding hydrogens is 1140 g/mol. The van der Waals surface area contributed by atoms with Crippen molar-refractivity contribution in [2.75, 3.05) is 86.2 Å². The lowest BCUT2D eigenvalue weighted by Gasteiger charge is -2.18. The van der Waals surface area contributed by atoms with E-state index in [9.17, 15) is 24.9 Å². The highest BCUT2D eigenvalue weighted by Gasteiger charge is 2.22. The maximum Gasteiger partial charge on any atom is 0.346 e. The Hall–Kier alpha value is -8.84. The molecule has 12 rings (SSSR count). The number of benzene rings is 6. The monoisotopic (exact) mass is 1210 g/mol. The summed E-state index contributed by atoms with van der Waals surface area (Å²) >= 11 is 3.03. The van der Waals surface area contributed by atoms with Gasteiger partial charge in [0.1, 0.15) is 27.8 Å². The first-order chi connectivity index (χ1) is 41.3. The molecule has 440 valence electrons. The summed E-state index contributed by atoms with van der Waals surface area (Å²) in [6, 6.07) is 42.5. The molecule has 0 spiro atoms. The minimum atomic E-state index is -0.817. The average Bonchev–Trinajstić information content (AvgIpc) is 3.66. The second kappa shape index (κ2) is 27.7. The topological polar surface area (TPSA) is 213 Å². The zero-order chi connectivity index (χ0) is 59.4. The number of methoxy groups -OCH3 is 2. The molecule has 4 aliphatic rings. The van der Waals surface area contributed by atoms with Crippen molar-refractivity contribution in [1.29, 1.82) is 0 Å². The second-order valence-corrected chi connectivity index (χ2v) is 22.8. The van der Waals surface area contributed by atoms with E-state index >= 15 is 0 Å². The zero-order valence-corrected chi connectivity index (χ0v) is 50.0. The van der Waals surface area contributed by atoms with Crippen LogP contribution in [-0.2, 0) is 19.1 Å². The van der Waals surface area contributed by atoms with Crippen molar-refractivity contribution in [3.63, 3.8) is 0 Å². The Bertz CT molecular complexity index is 3400. The van der Waals surface area contributed by atoms with Crippen molar-refractivity contribution in [3.05, 3.63) is 133 Å². The number of hydrogen-bond acceptors (Lipinski definition) is 18. The molecule has 4 saturated heterocycles. The Morgan fingerprint density at radius 3 is 0.976 bits per heavy atom. The van der Waals surface area contributed by atoms with Gasteiger partial charge in [-0.3, -0.25) is 4.79 Å². The highest BCUT2D eigenvalue weighted by Crippen LogP contribution is 2.36. The van der Waals surface area contributed by atoms with Gasteiger partial charge < -0.3 is 49.1 Å². The largest absolute Gasteiger partial charge is 0.508 e. The van der Waals surface area contributed by atoms with Gasteiger partial charge in [-0.05, 0) is 187 Å². The molecular formula is C66H71BrN10O8. The summed E-state index contributed by atoms with van der Waals surface area (Å²) in [4.78, 5) is 60.1. The first-order valence-corrected chi connectivity index (χ1v) is 30.0. The highest BCUT2D eigenvalue weighted by molar-refractivity contribution is 9.10. The van der Waals surface area contributed by atoms with Crippen LogP contribution in [0.2, 0.25) is 0 Å². The van der Waals surface area contributed by atoms with Gasteiger partial charge >= 0.3 is 11.9 Å². The molecule has 19 heteroatoms. The predicted molar refractivity (Wildman–Crippen MR) is 336 cm³/mol. The van der Waals surface area contributed by atoms with Crippen LogP contribution in [0.15, 0.2) is 133 Å². The van der Waals surface area contributed by atoms with Crippen molar-refractivity contribution in [3.8, 4) is 91.3 Å². The Balaban J connectivity index is 0.000000171. The molecule has 2 unspecified atom stereocenters. The molecule has 0 amide bonds. The number of halogens is 1. The Morgan fingerprint density at radius 2 is 0.706 bits per heavy atom. The van der Waals surface area contributed by atoms with E-state index in [-0.39, 0.29) is 28.0 Å². The van der Waals surface area contributed by atoms with Gasteiger partial charge in [0.05, 0.1) is 25.3 Å². The van der Waals surface area contributed by atoms with Crippen molar-refractivity contribution >= 4 is 50.6 Å². The molecule has 0 bridgehead atoms. The SMILES string of the molecule is COC(=O)C(C)Br.COC(=O)C(C)Oc1ccc(-c2nc(-c3ccc(N4CCCC4)cc3)nc(-c3ccc(N4CCCC4)cc3)n2)c(O)c1.Oc1ccc(-c2nc(-c3ccc(N4CCCC4)cc3)nc(-c3ccc(N4CCCC4)cc3)n2)c(O)c1. The standard InChI is InChI=1S/C33H35N5O4.C29H29N5O2.C4H7BrO2/c1-22(33(40)41-2)42-27-15-16-28(29(39)21-27)32-35-30(23-7-11-25(12-8-23)37-17-3-4-18-37)34-31(36-32)24-9-13-26(14-10-24)38-19-5-6-20-38;35-24-13-14-25(26(36)19-24)29-31-27(20-5-9-22(10-6-20)33-15-1-2-16-33)30-28(32-29)21-7-11-23(12-8-21)34-17-3-4-18-34;1-3(5)4(6)7-2/h7-16,21-22,39H,3-6,17-20H2,1-2H3;5-14,19,35-36H,1-4,15-18H2;3H,1-2H3. The minimum absolute atomic E-state index is 0.0132. The van der Waals surface area contributed by atoms with Gasteiger partial charge in [-0.1, -0.05) is 15.9 Å². The van der Waals surface area contributed by atoms with E-state index in [0.717, 1.165) is 74.6 Å². The van der Waals surface area contributed by atoms with Crippen LogP contribution in [0.1, 0.15) is 65.2 Å². The Kier molecular flexibility index (Phi) is 19.3. The van der Waals surface area contributed by atoms with Crippen LogP contribution in [0.3, 0.4) is 0 Å². The minimum Gasteiger partial charge on any atom is -0.508 e. The van der Waals surface area contributed by atoms with Gasteiger partial charge in [-0.2, -0.15) is 0 Å². The zero-order valence-electron chi connectivity index (χ0n) is 48.4. The lowest BCUT2D eigenvalue weighted by atomic mass is 10.1. The van der Waals surface area contributed by atoms with Crippen LogP contribution < -0.4 is 24.3 Å². The summed E-state index contributed by atoms with van der Waals surface area (Å²) in [7, 11) is 2.67. The van der Waals surface area contributed by atoms with Gasteiger partial charge in [0.15, 0.2) is 41.1 Å². The summed E-state index contributed by atoms with van der Waals surface area (Å²) in [6.07, 6.45) is 8.97. The summed E-state index contributed by atoms with van der Waals surface area (Å²) in [5, 5.41) is 31.3. The molecule has 6 aromatic carbocycles. The summed E-state index contributed by atoms with van der Waals surface area (Å²) in [5.74, 6) is 2.26. The van der Waals surface area contributed by atoms with Gasteiger partial charge in [0.25, 0.3) is 0 Å². The quantitative estimate of drug-likeness (QED) is 0.0682. The number of esters is 2.